The van der Waals surface area contributed by atoms with Gasteiger partial charge in [0.1, 0.15) is 5.71 Å². The Hall–Kier alpha value is -2.70. The lowest BCUT2D eigenvalue weighted by Crippen LogP contribution is -2.46. The highest BCUT2D eigenvalue weighted by Crippen LogP contribution is 2.26. The van der Waals surface area contributed by atoms with Gasteiger partial charge >= 0.3 is 5.97 Å². The van der Waals surface area contributed by atoms with Crippen LogP contribution in [0.25, 0.3) is 0 Å². The van der Waals surface area contributed by atoms with Gasteiger partial charge in [-0.1, -0.05) is 31.9 Å². The van der Waals surface area contributed by atoms with Crippen molar-refractivity contribution in [2.75, 3.05) is 5.01 Å². The predicted octanol–water partition coefficient (Wildman–Crippen LogP) is 3.41. The summed E-state index contributed by atoms with van der Waals surface area (Å²) in [7, 11) is 0. The van der Waals surface area contributed by atoms with Crippen LogP contribution in [0.3, 0.4) is 0 Å². The average Bonchev–Trinajstić information content (AvgIpc) is 2.71. The average molecular weight is 414 g/mol. The topological polar surface area (TPSA) is 88.1 Å². The normalized spacial score (nSPS) is 22.9. The summed E-state index contributed by atoms with van der Waals surface area (Å²) >= 11 is 0. The first kappa shape index (κ1) is 22.0. The van der Waals surface area contributed by atoms with E-state index in [0.717, 1.165) is 30.4 Å². The van der Waals surface area contributed by atoms with Crippen LogP contribution in [0.15, 0.2) is 23.3 Å². The van der Waals surface area contributed by atoms with Gasteiger partial charge < -0.3 is 10.1 Å². The van der Waals surface area contributed by atoms with E-state index < -0.39 is 12.1 Å². The second-order valence-corrected chi connectivity index (χ2v) is 8.47. The predicted molar refractivity (Wildman–Crippen MR) is 115 cm³/mol. The molecule has 1 saturated carbocycles. The number of benzene rings is 1. The summed E-state index contributed by atoms with van der Waals surface area (Å²) in [5.41, 5.74) is 2.69. The minimum atomic E-state index is -0.916. The molecule has 30 heavy (non-hydrogen) atoms. The third-order valence-corrected chi connectivity index (χ3v) is 5.95. The molecule has 0 aromatic heterocycles. The molecule has 2 amide bonds. The second-order valence-electron chi connectivity index (χ2n) is 8.47. The number of hydrazone groups is 1. The zero-order chi connectivity index (χ0) is 21.8. The van der Waals surface area contributed by atoms with Gasteiger partial charge in [0, 0.05) is 18.9 Å². The molecule has 3 rings (SSSR count). The molecular formula is C23H31N3O4. The summed E-state index contributed by atoms with van der Waals surface area (Å²) in [5.74, 6) is -0.694. The van der Waals surface area contributed by atoms with E-state index in [0.29, 0.717) is 11.6 Å². The number of anilines is 1. The van der Waals surface area contributed by atoms with Gasteiger partial charge in [0.15, 0.2) is 6.10 Å². The van der Waals surface area contributed by atoms with Gasteiger partial charge in [0.25, 0.3) is 5.91 Å². The Morgan fingerprint density at radius 2 is 1.93 bits per heavy atom. The standard InChI is InChI=1S/C23H31N3O4/c1-14-9-10-16(3)20(13-14)26-21(27)12-11-19(25-26)23(29)30-17(4)22(28)24-18-8-6-5-7-15(18)2/h9-10,13,15,17-18H,5-8,11-12H2,1-4H3,(H,24,28)/t15-,17-,18+/m0/s1. The Balaban J connectivity index is 1.67. The Kier molecular flexibility index (Phi) is 6.90. The smallest absolute Gasteiger partial charge is 0.355 e. The van der Waals surface area contributed by atoms with E-state index in [1.165, 1.54) is 11.4 Å². The lowest BCUT2D eigenvalue weighted by Gasteiger charge is -2.30. The van der Waals surface area contributed by atoms with Crippen LogP contribution in [0.4, 0.5) is 5.69 Å². The maximum Gasteiger partial charge on any atom is 0.355 e. The fourth-order valence-electron chi connectivity index (χ4n) is 3.95. The molecule has 3 atom stereocenters. The van der Waals surface area contributed by atoms with E-state index in [9.17, 15) is 14.4 Å². The maximum absolute atomic E-state index is 12.6. The van der Waals surface area contributed by atoms with E-state index >= 15 is 0 Å². The van der Waals surface area contributed by atoms with Crippen molar-refractivity contribution in [1.82, 2.24) is 5.32 Å². The monoisotopic (exact) mass is 413 g/mol. The Morgan fingerprint density at radius 3 is 2.67 bits per heavy atom. The molecule has 1 aliphatic carbocycles. The molecular weight excluding hydrogens is 382 g/mol. The van der Waals surface area contributed by atoms with Gasteiger partial charge in [-0.05, 0) is 56.7 Å². The molecule has 0 spiro atoms. The highest BCUT2D eigenvalue weighted by atomic mass is 16.5. The third kappa shape index (κ3) is 5.07. The van der Waals surface area contributed by atoms with E-state index in [1.54, 1.807) is 6.92 Å². The number of esters is 1. The number of hydrogen-bond acceptors (Lipinski definition) is 5. The summed E-state index contributed by atoms with van der Waals surface area (Å²) in [6.07, 6.45) is 3.79. The van der Waals surface area contributed by atoms with Gasteiger partial charge in [0.2, 0.25) is 5.91 Å². The number of nitrogens with one attached hydrogen (secondary N) is 1. The summed E-state index contributed by atoms with van der Waals surface area (Å²) in [4.78, 5) is 37.5. The van der Waals surface area contributed by atoms with Crippen LogP contribution >= 0.6 is 0 Å². The van der Waals surface area contributed by atoms with Crippen LogP contribution < -0.4 is 10.3 Å². The van der Waals surface area contributed by atoms with Gasteiger partial charge in [-0.25, -0.2) is 4.79 Å². The SMILES string of the molecule is Cc1ccc(C)c(N2N=C(C(=O)O[C@@H](C)C(=O)N[C@@H]3CCCC[C@@H]3C)CCC2=O)c1. The maximum atomic E-state index is 12.6. The van der Waals surface area contributed by atoms with Crippen LogP contribution in [0, 0.1) is 19.8 Å². The molecule has 7 nitrogen and oxygen atoms in total. The van der Waals surface area contributed by atoms with E-state index in [4.69, 9.17) is 4.74 Å². The number of aryl methyl sites for hydroxylation is 2. The molecule has 1 aromatic carbocycles. The molecule has 1 aromatic rings. The van der Waals surface area contributed by atoms with Crippen molar-refractivity contribution in [1.29, 1.82) is 0 Å². The molecule has 1 aliphatic heterocycles. The van der Waals surface area contributed by atoms with Gasteiger partial charge in [0.05, 0.1) is 5.69 Å². The first-order chi connectivity index (χ1) is 14.3. The quantitative estimate of drug-likeness (QED) is 0.749. The van der Waals surface area contributed by atoms with Crippen LogP contribution in [0.5, 0.6) is 0 Å². The van der Waals surface area contributed by atoms with Crippen molar-refractivity contribution in [2.45, 2.75) is 78.4 Å². The first-order valence-corrected chi connectivity index (χ1v) is 10.8. The van der Waals surface area contributed by atoms with Crippen molar-refractivity contribution in [3.8, 4) is 0 Å². The Bertz CT molecular complexity index is 864. The van der Waals surface area contributed by atoms with Crippen LogP contribution in [-0.2, 0) is 19.1 Å². The number of amides is 2. The lowest BCUT2D eigenvalue weighted by molar-refractivity contribution is -0.149. The molecule has 0 bridgehead atoms. The van der Waals surface area contributed by atoms with Gasteiger partial charge in [-0.15, -0.1) is 0 Å². The Morgan fingerprint density at radius 1 is 1.20 bits per heavy atom. The zero-order valence-corrected chi connectivity index (χ0v) is 18.2. The molecule has 0 radical (unpaired) electrons. The van der Waals surface area contributed by atoms with E-state index in [1.807, 2.05) is 32.0 Å². The van der Waals surface area contributed by atoms with Crippen molar-refractivity contribution >= 4 is 29.2 Å². The molecule has 0 unspecified atom stereocenters. The molecule has 2 aliphatic rings. The number of carbonyl (C=O) groups is 3. The molecule has 0 saturated heterocycles. The molecule has 1 heterocycles. The fourth-order valence-corrected chi connectivity index (χ4v) is 3.95. The fraction of sp³-hybridized carbons (Fsp3) is 0.565. The largest absolute Gasteiger partial charge is 0.448 e. The van der Waals surface area contributed by atoms with Crippen LogP contribution in [0.2, 0.25) is 0 Å². The zero-order valence-electron chi connectivity index (χ0n) is 18.2. The highest BCUT2D eigenvalue weighted by molar-refractivity contribution is 6.38. The highest BCUT2D eigenvalue weighted by Gasteiger charge is 2.30. The molecule has 162 valence electrons. The van der Waals surface area contributed by atoms with Crippen LogP contribution in [-0.4, -0.2) is 35.6 Å². The molecule has 7 heteroatoms. The summed E-state index contributed by atoms with van der Waals surface area (Å²) < 4.78 is 5.38. The summed E-state index contributed by atoms with van der Waals surface area (Å²) in [6, 6.07) is 5.86. The number of carbonyl (C=O) groups excluding carboxylic acids is 3. The molecule has 1 fully saturated rings. The second kappa shape index (κ2) is 9.41. The number of rotatable bonds is 5. The van der Waals surface area contributed by atoms with Gasteiger partial charge in [-0.2, -0.15) is 10.1 Å². The van der Waals surface area contributed by atoms with Crippen molar-refractivity contribution in [3.05, 3.63) is 29.3 Å². The summed E-state index contributed by atoms with van der Waals surface area (Å²) in [5, 5.41) is 8.56. The van der Waals surface area contributed by atoms with E-state index in [2.05, 4.69) is 17.3 Å². The Labute approximate surface area is 177 Å². The lowest BCUT2D eigenvalue weighted by atomic mass is 9.86. The minimum Gasteiger partial charge on any atom is -0.448 e. The first-order valence-electron chi connectivity index (χ1n) is 10.8. The van der Waals surface area contributed by atoms with Crippen molar-refractivity contribution in [3.63, 3.8) is 0 Å². The van der Waals surface area contributed by atoms with Crippen molar-refractivity contribution < 1.29 is 19.1 Å². The van der Waals surface area contributed by atoms with Crippen LogP contribution in [0.1, 0.15) is 63.5 Å². The molecule has 1 N–H and O–H groups in total. The van der Waals surface area contributed by atoms with Gasteiger partial charge in [-0.3, -0.25) is 9.59 Å². The number of nitrogens with zero attached hydrogens (tertiary/aromatic N) is 2. The third-order valence-electron chi connectivity index (χ3n) is 5.95. The number of ether oxygens (including phenoxy) is 1. The van der Waals surface area contributed by atoms with E-state index in [-0.39, 0.29) is 36.4 Å². The minimum absolute atomic E-state index is 0.122. The van der Waals surface area contributed by atoms with Crippen molar-refractivity contribution in [2.24, 2.45) is 11.0 Å². The number of hydrogen-bond donors (Lipinski definition) is 1. The summed E-state index contributed by atoms with van der Waals surface area (Å²) in [6.45, 7) is 7.53.